The molecule has 0 saturated heterocycles. The fourth-order valence-electron chi connectivity index (χ4n) is 3.83. The normalized spacial score (nSPS) is 11.8. The molecule has 0 atom stereocenters. The van der Waals surface area contributed by atoms with E-state index in [1.165, 1.54) is 22.3 Å². The Morgan fingerprint density at radius 3 is 2.67 bits per heavy atom. The monoisotopic (exact) mass is 412 g/mol. The van der Waals surface area contributed by atoms with E-state index in [4.69, 9.17) is 4.52 Å². The van der Waals surface area contributed by atoms with Gasteiger partial charge in [-0.25, -0.2) is 0 Å². The topological polar surface area (TPSA) is 55.1 Å². The first kappa shape index (κ1) is 18.7. The van der Waals surface area contributed by atoms with Crippen LogP contribution in [0.15, 0.2) is 82.2 Å². The van der Waals surface area contributed by atoms with E-state index >= 15 is 0 Å². The summed E-state index contributed by atoms with van der Waals surface area (Å²) in [4.78, 5) is 13.9. The minimum Gasteiger partial charge on any atom is -0.360 e. The van der Waals surface area contributed by atoms with Crippen molar-refractivity contribution >= 4 is 23.4 Å². The second-order valence-corrected chi connectivity index (χ2v) is 8.40. The van der Waals surface area contributed by atoms with Crippen LogP contribution in [0.5, 0.6) is 0 Å². The fraction of sp³-hybridized carbons (Fsp3) is 0.120. The lowest BCUT2D eigenvalue weighted by atomic mass is 10.1. The van der Waals surface area contributed by atoms with Gasteiger partial charge in [-0.15, -0.1) is 11.8 Å². The molecule has 1 aromatic heterocycles. The predicted molar refractivity (Wildman–Crippen MR) is 120 cm³/mol. The molecule has 148 valence electrons. The number of aromatic nitrogens is 1. The Labute approximate surface area is 179 Å². The summed E-state index contributed by atoms with van der Waals surface area (Å²) in [6, 6.07) is 24.2. The largest absolute Gasteiger partial charge is 0.360 e. The molecule has 1 aliphatic carbocycles. The van der Waals surface area contributed by atoms with Gasteiger partial charge in [0.1, 0.15) is 5.76 Å². The van der Waals surface area contributed by atoms with E-state index in [-0.39, 0.29) is 5.91 Å². The second kappa shape index (κ2) is 7.84. The van der Waals surface area contributed by atoms with Gasteiger partial charge in [0, 0.05) is 16.6 Å². The summed E-state index contributed by atoms with van der Waals surface area (Å²) in [6.07, 6.45) is 0.901. The van der Waals surface area contributed by atoms with E-state index in [0.717, 1.165) is 28.5 Å². The molecule has 0 aliphatic heterocycles. The first-order chi connectivity index (χ1) is 14.7. The van der Waals surface area contributed by atoms with Gasteiger partial charge in [-0.05, 0) is 59.9 Å². The van der Waals surface area contributed by atoms with Crippen molar-refractivity contribution in [3.8, 4) is 11.1 Å². The van der Waals surface area contributed by atoms with E-state index in [0.29, 0.717) is 11.3 Å². The van der Waals surface area contributed by atoms with E-state index in [1.54, 1.807) is 11.8 Å². The highest BCUT2D eigenvalue weighted by Crippen LogP contribution is 2.37. The second-order valence-electron chi connectivity index (χ2n) is 7.38. The number of aryl methyl sites for hydroxylation is 1. The van der Waals surface area contributed by atoms with Gasteiger partial charge in [-0.2, -0.15) is 0 Å². The third-order valence-corrected chi connectivity index (χ3v) is 6.33. The Bertz CT molecular complexity index is 1250. The molecule has 0 fully saturated rings. The van der Waals surface area contributed by atoms with Crippen molar-refractivity contribution in [2.24, 2.45) is 0 Å². The highest BCUT2D eigenvalue weighted by Gasteiger charge is 2.19. The number of nitrogens with zero attached hydrogens (tertiary/aromatic N) is 1. The van der Waals surface area contributed by atoms with Crippen LogP contribution in [-0.2, 0) is 12.2 Å². The molecule has 0 radical (unpaired) electrons. The van der Waals surface area contributed by atoms with Crippen LogP contribution in [0.1, 0.15) is 32.9 Å². The number of fused-ring (bicyclic) bond motifs is 3. The Kier molecular flexibility index (Phi) is 4.89. The number of carbonyl (C=O) groups is 1. The molecule has 3 aromatic carbocycles. The zero-order valence-electron chi connectivity index (χ0n) is 16.5. The van der Waals surface area contributed by atoms with Crippen molar-refractivity contribution in [3.05, 3.63) is 101 Å². The zero-order chi connectivity index (χ0) is 20.5. The number of hydrogen-bond donors (Lipinski definition) is 1. The fourth-order valence-corrected chi connectivity index (χ4v) is 4.76. The van der Waals surface area contributed by atoms with Gasteiger partial charge >= 0.3 is 0 Å². The minimum absolute atomic E-state index is 0.109. The van der Waals surface area contributed by atoms with Crippen molar-refractivity contribution in [1.82, 2.24) is 5.16 Å². The zero-order valence-corrected chi connectivity index (χ0v) is 17.3. The maximum Gasteiger partial charge on any atom is 0.256 e. The number of anilines is 1. The molecule has 30 heavy (non-hydrogen) atoms. The van der Waals surface area contributed by atoms with Crippen LogP contribution >= 0.6 is 11.8 Å². The third-order valence-electron chi connectivity index (χ3n) is 5.23. The number of amides is 1. The first-order valence-electron chi connectivity index (χ1n) is 9.84. The number of rotatable bonds is 5. The molecular weight excluding hydrogens is 392 g/mol. The summed E-state index contributed by atoms with van der Waals surface area (Å²) < 4.78 is 5.28. The molecule has 0 spiro atoms. The van der Waals surface area contributed by atoms with Crippen LogP contribution in [0.4, 0.5) is 5.69 Å². The number of hydrogen-bond acceptors (Lipinski definition) is 4. The highest BCUT2D eigenvalue weighted by molar-refractivity contribution is 7.98. The van der Waals surface area contributed by atoms with Gasteiger partial charge in [0.25, 0.3) is 5.91 Å². The van der Waals surface area contributed by atoms with Crippen molar-refractivity contribution in [1.29, 1.82) is 0 Å². The summed E-state index contributed by atoms with van der Waals surface area (Å²) in [5.74, 6) is 1.32. The highest BCUT2D eigenvalue weighted by atomic mass is 32.2. The standard InChI is InChI=1S/C25H20N2O2S/c1-16-12-20(29-27-16)15-30-24-9-5-4-8-23(24)25(28)26-19-10-11-22-18(14-19)13-17-6-2-3-7-21(17)22/h2-12,14H,13,15H2,1H3,(H,26,28). The molecule has 5 rings (SSSR count). The van der Waals surface area contributed by atoms with Crippen LogP contribution in [0.2, 0.25) is 0 Å². The van der Waals surface area contributed by atoms with E-state index in [1.807, 2.05) is 43.3 Å². The average Bonchev–Trinajstić information content (AvgIpc) is 3.35. The molecule has 1 N–H and O–H groups in total. The summed E-state index contributed by atoms with van der Waals surface area (Å²) in [5.41, 5.74) is 7.45. The SMILES string of the molecule is Cc1cc(CSc2ccccc2C(=O)Nc2ccc3c(c2)Cc2ccccc2-3)on1. The first-order valence-corrected chi connectivity index (χ1v) is 10.8. The van der Waals surface area contributed by atoms with Gasteiger partial charge in [0.15, 0.2) is 0 Å². The number of carbonyl (C=O) groups excluding carboxylic acids is 1. The van der Waals surface area contributed by atoms with Gasteiger partial charge < -0.3 is 9.84 Å². The molecular formula is C25H20N2O2S. The Morgan fingerprint density at radius 2 is 1.80 bits per heavy atom. The lowest BCUT2D eigenvalue weighted by Gasteiger charge is -2.11. The van der Waals surface area contributed by atoms with Crippen LogP contribution < -0.4 is 5.32 Å². The molecule has 1 aliphatic rings. The van der Waals surface area contributed by atoms with Gasteiger partial charge in [-0.1, -0.05) is 47.6 Å². The van der Waals surface area contributed by atoms with Crippen molar-refractivity contribution in [3.63, 3.8) is 0 Å². The molecule has 0 saturated carbocycles. The van der Waals surface area contributed by atoms with Crippen molar-refractivity contribution < 1.29 is 9.32 Å². The Morgan fingerprint density at radius 1 is 1.00 bits per heavy atom. The van der Waals surface area contributed by atoms with Crippen LogP contribution in [0, 0.1) is 6.92 Å². The third kappa shape index (κ3) is 3.64. The van der Waals surface area contributed by atoms with Crippen molar-refractivity contribution in [2.45, 2.75) is 24.0 Å². The quantitative estimate of drug-likeness (QED) is 0.355. The maximum atomic E-state index is 13.0. The molecule has 4 aromatic rings. The van der Waals surface area contributed by atoms with Crippen LogP contribution in [-0.4, -0.2) is 11.1 Å². The summed E-state index contributed by atoms with van der Waals surface area (Å²) in [5, 5.41) is 6.99. The number of nitrogens with one attached hydrogen (secondary N) is 1. The molecule has 1 heterocycles. The predicted octanol–water partition coefficient (Wildman–Crippen LogP) is 6.10. The van der Waals surface area contributed by atoms with Crippen LogP contribution in [0.25, 0.3) is 11.1 Å². The lowest BCUT2D eigenvalue weighted by Crippen LogP contribution is -2.13. The smallest absolute Gasteiger partial charge is 0.256 e. The van der Waals surface area contributed by atoms with Crippen molar-refractivity contribution in [2.75, 3.05) is 5.32 Å². The molecule has 0 bridgehead atoms. The van der Waals surface area contributed by atoms with E-state index in [2.05, 4.69) is 46.9 Å². The summed E-state index contributed by atoms with van der Waals surface area (Å²) in [6.45, 7) is 1.90. The molecule has 5 heteroatoms. The van der Waals surface area contributed by atoms with Gasteiger partial charge in [-0.3, -0.25) is 4.79 Å². The van der Waals surface area contributed by atoms with E-state index in [9.17, 15) is 4.79 Å². The molecule has 0 unspecified atom stereocenters. The molecule has 1 amide bonds. The van der Waals surface area contributed by atoms with Crippen LogP contribution in [0.3, 0.4) is 0 Å². The lowest BCUT2D eigenvalue weighted by molar-refractivity contribution is 0.102. The van der Waals surface area contributed by atoms with Gasteiger partial charge in [0.05, 0.1) is 17.0 Å². The Balaban J connectivity index is 1.33. The van der Waals surface area contributed by atoms with E-state index < -0.39 is 0 Å². The van der Waals surface area contributed by atoms with Gasteiger partial charge in [0.2, 0.25) is 0 Å². The minimum atomic E-state index is -0.109. The number of benzene rings is 3. The summed E-state index contributed by atoms with van der Waals surface area (Å²) in [7, 11) is 0. The maximum absolute atomic E-state index is 13.0. The number of thioether (sulfide) groups is 1. The average molecular weight is 413 g/mol. The molecule has 4 nitrogen and oxygen atoms in total. The Hall–Kier alpha value is -3.31. The summed E-state index contributed by atoms with van der Waals surface area (Å²) >= 11 is 1.57.